The lowest BCUT2D eigenvalue weighted by Crippen LogP contribution is -1.65. The van der Waals surface area contributed by atoms with Gasteiger partial charge >= 0.3 is 0 Å². The van der Waals surface area contributed by atoms with Gasteiger partial charge in [-0.1, -0.05) is 0 Å². The molecule has 0 atom stereocenters. The first kappa shape index (κ1) is 5.24. The van der Waals surface area contributed by atoms with Gasteiger partial charge in [-0.3, -0.25) is 0 Å². The third kappa shape index (κ3) is 1.24. The SMILES string of the molecule is Brc1nnc(Br)[n-]1. The summed E-state index contributed by atoms with van der Waals surface area (Å²) in [4.78, 5) is 3.72. The van der Waals surface area contributed by atoms with Crippen LogP contribution in [0.5, 0.6) is 0 Å². The lowest BCUT2D eigenvalue weighted by Gasteiger charge is -1.76. The van der Waals surface area contributed by atoms with Crippen molar-refractivity contribution in [1.82, 2.24) is 15.2 Å². The van der Waals surface area contributed by atoms with Crippen LogP contribution in [0.4, 0.5) is 0 Å². The standard InChI is InChI=1S/C2Br2N3/c3-1-5-2(4)7-6-1/q-1. The third-order valence-electron chi connectivity index (χ3n) is 0.400. The van der Waals surface area contributed by atoms with E-state index >= 15 is 0 Å². The van der Waals surface area contributed by atoms with E-state index < -0.39 is 0 Å². The highest BCUT2D eigenvalue weighted by Gasteiger charge is 1.77. The van der Waals surface area contributed by atoms with Crippen LogP contribution in [0.25, 0.3) is 0 Å². The van der Waals surface area contributed by atoms with Gasteiger partial charge < -0.3 is 15.2 Å². The van der Waals surface area contributed by atoms with E-state index in [1.807, 2.05) is 0 Å². The summed E-state index contributed by atoms with van der Waals surface area (Å²) in [7, 11) is 0. The molecule has 1 aromatic rings. The Balaban J connectivity index is 3.04. The molecule has 0 unspecified atom stereocenters. The van der Waals surface area contributed by atoms with Crippen molar-refractivity contribution in [3.63, 3.8) is 0 Å². The fourth-order valence-electron chi connectivity index (χ4n) is 0.203. The maximum atomic E-state index is 3.72. The molecule has 1 heterocycles. The van der Waals surface area contributed by atoms with E-state index in [4.69, 9.17) is 0 Å². The molecule has 0 aliphatic carbocycles. The first-order valence-electron chi connectivity index (χ1n) is 1.47. The van der Waals surface area contributed by atoms with Gasteiger partial charge in [-0.2, -0.15) is 0 Å². The Labute approximate surface area is 56.8 Å². The summed E-state index contributed by atoms with van der Waals surface area (Å²) < 4.78 is 1.03. The minimum Gasteiger partial charge on any atom is -0.345 e. The van der Waals surface area contributed by atoms with Crippen LogP contribution in [0, 0.1) is 0 Å². The van der Waals surface area contributed by atoms with E-state index in [-0.39, 0.29) is 0 Å². The summed E-state index contributed by atoms with van der Waals surface area (Å²) in [5, 5.41) is 7.05. The van der Waals surface area contributed by atoms with Crippen molar-refractivity contribution in [2.24, 2.45) is 0 Å². The monoisotopic (exact) mass is 224 g/mol. The van der Waals surface area contributed by atoms with Crippen LogP contribution in [-0.4, -0.2) is 10.2 Å². The molecule has 7 heavy (non-hydrogen) atoms. The van der Waals surface area contributed by atoms with Crippen molar-refractivity contribution in [3.8, 4) is 0 Å². The van der Waals surface area contributed by atoms with Gasteiger partial charge in [0.05, 0.1) is 9.47 Å². The van der Waals surface area contributed by atoms with Crippen molar-refractivity contribution in [1.29, 1.82) is 0 Å². The molecular weight excluding hydrogens is 226 g/mol. The number of aromatic nitrogens is 3. The van der Waals surface area contributed by atoms with Gasteiger partial charge in [-0.05, 0) is 31.9 Å². The lowest BCUT2D eigenvalue weighted by atomic mass is 11.3. The maximum Gasteiger partial charge on any atom is 0.0581 e. The van der Waals surface area contributed by atoms with E-state index in [0.717, 1.165) is 0 Å². The predicted octanol–water partition coefficient (Wildman–Crippen LogP) is 0.959. The fraction of sp³-hybridized carbons (Fsp3) is 0. The lowest BCUT2D eigenvalue weighted by molar-refractivity contribution is 1.05. The average molecular weight is 226 g/mol. The molecule has 0 amide bonds. The molecule has 0 bridgehead atoms. The maximum absolute atomic E-state index is 3.72. The zero-order valence-electron chi connectivity index (χ0n) is 3.10. The van der Waals surface area contributed by atoms with Crippen LogP contribution in [0.3, 0.4) is 0 Å². The Morgan fingerprint density at radius 1 is 1.14 bits per heavy atom. The van der Waals surface area contributed by atoms with Crippen LogP contribution in [-0.2, 0) is 0 Å². The van der Waals surface area contributed by atoms with Crippen LogP contribution in [0.15, 0.2) is 9.47 Å². The number of hydrogen-bond acceptors (Lipinski definition) is 2. The van der Waals surface area contributed by atoms with Gasteiger partial charge in [-0.25, -0.2) is 0 Å². The molecule has 38 valence electrons. The Kier molecular flexibility index (Phi) is 1.43. The molecule has 0 spiro atoms. The zero-order valence-corrected chi connectivity index (χ0v) is 6.27. The summed E-state index contributed by atoms with van der Waals surface area (Å²) >= 11 is 6.03. The molecule has 1 rings (SSSR count). The van der Waals surface area contributed by atoms with E-state index in [9.17, 15) is 0 Å². The molecule has 0 N–H and O–H groups in total. The van der Waals surface area contributed by atoms with Crippen LogP contribution in [0.1, 0.15) is 0 Å². The van der Waals surface area contributed by atoms with E-state index in [0.29, 0.717) is 9.47 Å². The van der Waals surface area contributed by atoms with Gasteiger partial charge in [0.1, 0.15) is 0 Å². The molecule has 1 aromatic heterocycles. The second-order valence-electron chi connectivity index (χ2n) is 0.850. The molecule has 0 saturated heterocycles. The summed E-state index contributed by atoms with van der Waals surface area (Å²) in [5.74, 6) is 0. The van der Waals surface area contributed by atoms with Crippen LogP contribution < -0.4 is 4.98 Å². The Hall–Kier alpha value is 0.1000. The van der Waals surface area contributed by atoms with Gasteiger partial charge in [0.2, 0.25) is 0 Å². The first-order valence-corrected chi connectivity index (χ1v) is 3.06. The van der Waals surface area contributed by atoms with Crippen molar-refractivity contribution < 1.29 is 0 Å². The second-order valence-corrected chi connectivity index (χ2v) is 2.27. The molecule has 0 aliphatic rings. The highest BCUT2D eigenvalue weighted by molar-refractivity contribution is 9.11. The highest BCUT2D eigenvalue weighted by Crippen LogP contribution is 2.02. The summed E-state index contributed by atoms with van der Waals surface area (Å²) in [5.41, 5.74) is 0. The first-order chi connectivity index (χ1) is 3.29. The quantitative estimate of drug-likeness (QED) is 0.661. The Morgan fingerprint density at radius 2 is 1.57 bits per heavy atom. The van der Waals surface area contributed by atoms with Gasteiger partial charge in [-0.15, -0.1) is 0 Å². The topological polar surface area (TPSA) is 39.9 Å². The largest absolute Gasteiger partial charge is 0.345 e. The molecule has 0 radical (unpaired) electrons. The summed E-state index contributed by atoms with van der Waals surface area (Å²) in [6.45, 7) is 0. The number of nitrogens with zero attached hydrogens (tertiary/aromatic N) is 3. The molecule has 0 aromatic carbocycles. The summed E-state index contributed by atoms with van der Waals surface area (Å²) in [6.07, 6.45) is 0. The third-order valence-corrected chi connectivity index (χ3v) is 1.07. The number of hydrogen-bond donors (Lipinski definition) is 0. The van der Waals surface area contributed by atoms with E-state index in [2.05, 4.69) is 47.0 Å². The fourth-order valence-corrected chi connectivity index (χ4v) is 0.936. The molecular formula is C2Br2N3-. The Morgan fingerprint density at radius 3 is 1.71 bits per heavy atom. The smallest absolute Gasteiger partial charge is 0.0581 e. The Bertz CT molecular complexity index is 143. The van der Waals surface area contributed by atoms with E-state index in [1.54, 1.807) is 0 Å². The van der Waals surface area contributed by atoms with Crippen molar-refractivity contribution in [2.75, 3.05) is 0 Å². The van der Waals surface area contributed by atoms with Crippen LogP contribution >= 0.6 is 31.9 Å². The molecule has 0 saturated carbocycles. The van der Waals surface area contributed by atoms with Crippen molar-refractivity contribution in [3.05, 3.63) is 9.47 Å². The number of rotatable bonds is 0. The minimum atomic E-state index is 0.513. The van der Waals surface area contributed by atoms with Gasteiger partial charge in [0.25, 0.3) is 0 Å². The molecule has 0 aliphatic heterocycles. The normalized spacial score (nSPS) is 9.43. The zero-order chi connectivity index (χ0) is 5.28. The predicted molar refractivity (Wildman–Crippen MR) is 30.8 cm³/mol. The molecule has 0 fully saturated rings. The van der Waals surface area contributed by atoms with Crippen LogP contribution in [0.2, 0.25) is 0 Å². The van der Waals surface area contributed by atoms with Gasteiger partial charge in [0, 0.05) is 0 Å². The van der Waals surface area contributed by atoms with E-state index in [1.165, 1.54) is 0 Å². The van der Waals surface area contributed by atoms with Crippen molar-refractivity contribution >= 4 is 31.9 Å². The van der Waals surface area contributed by atoms with Crippen molar-refractivity contribution in [2.45, 2.75) is 0 Å². The molecule has 3 nitrogen and oxygen atoms in total. The second kappa shape index (κ2) is 1.92. The minimum absolute atomic E-state index is 0.513. The molecule has 5 heteroatoms. The number of halogens is 2. The van der Waals surface area contributed by atoms with Gasteiger partial charge in [0.15, 0.2) is 0 Å². The average Bonchev–Trinajstić information content (AvgIpc) is 1.87. The highest BCUT2D eigenvalue weighted by atomic mass is 79.9. The summed E-state index contributed by atoms with van der Waals surface area (Å²) in [6, 6.07) is 0.